The van der Waals surface area contributed by atoms with Crippen LogP contribution in [0.4, 0.5) is 0 Å². The van der Waals surface area contributed by atoms with E-state index in [0.717, 1.165) is 22.3 Å². The number of hydrogen-bond acceptors (Lipinski definition) is 2. The maximum Gasteiger partial charge on any atom is 0.135 e. The largest absolute Gasteiger partial charge is 0.495 e. The van der Waals surface area contributed by atoms with Crippen molar-refractivity contribution in [3.63, 3.8) is 0 Å². The molecule has 1 aromatic rings. The van der Waals surface area contributed by atoms with E-state index in [-0.39, 0.29) is 0 Å². The predicted molar refractivity (Wildman–Crippen MR) is 58.2 cm³/mol. The normalized spacial score (nSPS) is 10.2. The van der Waals surface area contributed by atoms with Gasteiger partial charge in [-0.25, -0.2) is 0 Å². The van der Waals surface area contributed by atoms with Crippen LogP contribution in [-0.2, 0) is 6.54 Å². The quantitative estimate of drug-likeness (QED) is 0.881. The van der Waals surface area contributed by atoms with Crippen LogP contribution in [0.25, 0.3) is 0 Å². The summed E-state index contributed by atoms with van der Waals surface area (Å²) in [6.07, 6.45) is 0. The van der Waals surface area contributed by atoms with Crippen molar-refractivity contribution in [2.24, 2.45) is 0 Å². The molecule has 0 amide bonds. The minimum absolute atomic E-state index is 0.878. The fourth-order valence-corrected chi connectivity index (χ4v) is 2.14. The summed E-state index contributed by atoms with van der Waals surface area (Å²) in [5.74, 6) is 0.917. The van der Waals surface area contributed by atoms with Crippen LogP contribution >= 0.6 is 15.9 Å². The minimum Gasteiger partial charge on any atom is -0.495 e. The fraction of sp³-hybridized carbons (Fsp3) is 0.400. The van der Waals surface area contributed by atoms with Crippen molar-refractivity contribution in [2.45, 2.75) is 13.5 Å². The highest BCUT2D eigenvalue weighted by atomic mass is 79.9. The van der Waals surface area contributed by atoms with Crippen LogP contribution in [0.1, 0.15) is 11.1 Å². The van der Waals surface area contributed by atoms with Gasteiger partial charge in [0.05, 0.1) is 11.6 Å². The van der Waals surface area contributed by atoms with Gasteiger partial charge in [0.25, 0.3) is 0 Å². The van der Waals surface area contributed by atoms with Crippen LogP contribution in [0.2, 0.25) is 0 Å². The van der Waals surface area contributed by atoms with E-state index in [1.807, 2.05) is 14.0 Å². The summed E-state index contributed by atoms with van der Waals surface area (Å²) in [7, 11) is 3.62. The molecule has 1 N–H and O–H groups in total. The molecule has 2 nitrogen and oxygen atoms in total. The molecule has 0 aromatic heterocycles. The van der Waals surface area contributed by atoms with Gasteiger partial charge in [0, 0.05) is 6.54 Å². The Morgan fingerprint density at radius 2 is 2.15 bits per heavy atom. The first-order valence-corrected chi connectivity index (χ1v) is 4.96. The topological polar surface area (TPSA) is 21.3 Å². The van der Waals surface area contributed by atoms with E-state index in [1.165, 1.54) is 5.56 Å². The van der Waals surface area contributed by atoms with Gasteiger partial charge in [-0.3, -0.25) is 0 Å². The van der Waals surface area contributed by atoms with Crippen LogP contribution in [0.3, 0.4) is 0 Å². The Balaban J connectivity index is 3.05. The third-order valence-electron chi connectivity index (χ3n) is 1.87. The average molecular weight is 244 g/mol. The maximum absolute atomic E-state index is 5.24. The van der Waals surface area contributed by atoms with Crippen molar-refractivity contribution in [1.82, 2.24) is 5.32 Å². The second-order valence-corrected chi connectivity index (χ2v) is 3.81. The molecule has 1 aromatic carbocycles. The second kappa shape index (κ2) is 4.63. The lowest BCUT2D eigenvalue weighted by atomic mass is 10.1. The van der Waals surface area contributed by atoms with Crippen LogP contribution in [-0.4, -0.2) is 14.2 Å². The summed E-state index contributed by atoms with van der Waals surface area (Å²) in [5, 5.41) is 3.11. The average Bonchev–Trinajstić information content (AvgIpc) is 2.04. The molecule has 0 saturated heterocycles. The highest BCUT2D eigenvalue weighted by Gasteiger charge is 2.05. The van der Waals surface area contributed by atoms with Gasteiger partial charge in [0.1, 0.15) is 5.75 Å². The molecule has 72 valence electrons. The Kier molecular flexibility index (Phi) is 3.75. The number of methoxy groups -OCH3 is 1. The molecule has 0 saturated carbocycles. The van der Waals surface area contributed by atoms with Gasteiger partial charge in [-0.05, 0) is 47.1 Å². The molecule has 1 rings (SSSR count). The van der Waals surface area contributed by atoms with Gasteiger partial charge in [-0.15, -0.1) is 0 Å². The molecule has 0 radical (unpaired) electrons. The van der Waals surface area contributed by atoms with Gasteiger partial charge in [-0.2, -0.15) is 0 Å². The predicted octanol–water partition coefficient (Wildman–Crippen LogP) is 2.49. The van der Waals surface area contributed by atoms with Crippen molar-refractivity contribution < 1.29 is 4.74 Å². The zero-order chi connectivity index (χ0) is 9.84. The Hall–Kier alpha value is -0.540. The Morgan fingerprint density at radius 3 is 2.62 bits per heavy atom. The monoisotopic (exact) mass is 243 g/mol. The first kappa shape index (κ1) is 10.5. The van der Waals surface area contributed by atoms with Gasteiger partial charge in [0.15, 0.2) is 0 Å². The van der Waals surface area contributed by atoms with E-state index in [2.05, 4.69) is 33.4 Å². The SMILES string of the molecule is CNCc1cc(C)c(OC)c(Br)c1. The fourth-order valence-electron chi connectivity index (χ4n) is 1.37. The van der Waals surface area contributed by atoms with Crippen LogP contribution in [0.5, 0.6) is 5.75 Å². The summed E-state index contributed by atoms with van der Waals surface area (Å²) in [6.45, 7) is 2.92. The molecule has 0 bridgehead atoms. The van der Waals surface area contributed by atoms with Crippen LogP contribution in [0, 0.1) is 6.92 Å². The van der Waals surface area contributed by atoms with Crippen LogP contribution in [0.15, 0.2) is 16.6 Å². The number of halogens is 1. The van der Waals surface area contributed by atoms with Gasteiger partial charge < -0.3 is 10.1 Å². The summed E-state index contributed by atoms with van der Waals surface area (Å²) in [4.78, 5) is 0. The van der Waals surface area contributed by atoms with Crippen molar-refractivity contribution in [3.05, 3.63) is 27.7 Å². The molecular weight excluding hydrogens is 230 g/mol. The Bertz CT molecular complexity index is 276. The van der Waals surface area contributed by atoms with Gasteiger partial charge >= 0.3 is 0 Å². The second-order valence-electron chi connectivity index (χ2n) is 2.96. The van der Waals surface area contributed by atoms with Crippen molar-refractivity contribution in [2.75, 3.05) is 14.2 Å². The number of benzene rings is 1. The molecule has 0 unspecified atom stereocenters. The van der Waals surface area contributed by atoms with Crippen LogP contribution < -0.4 is 10.1 Å². The van der Waals surface area contributed by atoms with E-state index in [0.29, 0.717) is 0 Å². The highest BCUT2D eigenvalue weighted by Crippen LogP contribution is 2.29. The van der Waals surface area contributed by atoms with Gasteiger partial charge in [-0.1, -0.05) is 6.07 Å². The van der Waals surface area contributed by atoms with Crippen molar-refractivity contribution in [3.8, 4) is 5.75 Å². The zero-order valence-electron chi connectivity index (χ0n) is 8.15. The first-order valence-electron chi connectivity index (χ1n) is 4.16. The third-order valence-corrected chi connectivity index (χ3v) is 2.46. The Morgan fingerprint density at radius 1 is 1.46 bits per heavy atom. The number of rotatable bonds is 3. The number of nitrogens with one attached hydrogen (secondary N) is 1. The lowest BCUT2D eigenvalue weighted by molar-refractivity contribution is 0.409. The van der Waals surface area contributed by atoms with Crippen molar-refractivity contribution in [1.29, 1.82) is 0 Å². The molecule has 13 heavy (non-hydrogen) atoms. The molecule has 0 fully saturated rings. The molecule has 0 aliphatic carbocycles. The third kappa shape index (κ3) is 2.45. The summed E-state index contributed by atoms with van der Waals surface area (Å²) in [6, 6.07) is 4.20. The van der Waals surface area contributed by atoms with E-state index >= 15 is 0 Å². The zero-order valence-corrected chi connectivity index (χ0v) is 9.73. The molecular formula is C10H14BrNO. The van der Waals surface area contributed by atoms with E-state index < -0.39 is 0 Å². The molecule has 3 heteroatoms. The lowest BCUT2D eigenvalue weighted by Crippen LogP contribution is -2.05. The van der Waals surface area contributed by atoms with E-state index in [4.69, 9.17) is 4.74 Å². The standard InChI is InChI=1S/C10H14BrNO/c1-7-4-8(6-12-2)5-9(11)10(7)13-3/h4-5,12H,6H2,1-3H3. The number of aryl methyl sites for hydroxylation is 1. The molecule has 0 aliphatic rings. The molecule has 0 atom stereocenters. The first-order chi connectivity index (χ1) is 6.19. The van der Waals surface area contributed by atoms with E-state index in [1.54, 1.807) is 7.11 Å². The number of ether oxygens (including phenoxy) is 1. The highest BCUT2D eigenvalue weighted by molar-refractivity contribution is 9.10. The minimum atomic E-state index is 0.878. The maximum atomic E-state index is 5.24. The summed E-state index contributed by atoms with van der Waals surface area (Å²) in [5.41, 5.74) is 2.41. The number of hydrogen-bond donors (Lipinski definition) is 1. The van der Waals surface area contributed by atoms with E-state index in [9.17, 15) is 0 Å². The summed E-state index contributed by atoms with van der Waals surface area (Å²) >= 11 is 3.48. The van der Waals surface area contributed by atoms with Crippen molar-refractivity contribution >= 4 is 15.9 Å². The molecule has 0 spiro atoms. The lowest BCUT2D eigenvalue weighted by Gasteiger charge is -2.09. The smallest absolute Gasteiger partial charge is 0.135 e. The molecule has 0 heterocycles. The molecule has 0 aliphatic heterocycles. The Labute approximate surface area is 87.4 Å². The summed E-state index contributed by atoms with van der Waals surface area (Å²) < 4.78 is 6.26. The van der Waals surface area contributed by atoms with Gasteiger partial charge in [0.2, 0.25) is 0 Å².